The molecule has 0 unspecified atom stereocenters. The van der Waals surface area contributed by atoms with Gasteiger partial charge in [-0.05, 0) is 19.8 Å². The largest absolute Gasteiger partial charge is 0.392 e. The van der Waals surface area contributed by atoms with Crippen LogP contribution < -0.4 is 5.73 Å². The first-order valence-electron chi connectivity index (χ1n) is 4.75. The normalized spacial score (nSPS) is 11.6. The van der Waals surface area contributed by atoms with E-state index in [1.54, 1.807) is 25.8 Å². The Morgan fingerprint density at radius 2 is 1.93 bits per heavy atom. The molecule has 0 spiro atoms. The molecular weight excluding hydrogens is 196 g/mol. The first kappa shape index (κ1) is 13.4. The summed E-state index contributed by atoms with van der Waals surface area (Å²) in [5.41, 5.74) is 4.79. The maximum absolute atomic E-state index is 11.9. The van der Waals surface area contributed by atoms with Gasteiger partial charge in [0.05, 0.1) is 10.4 Å². The first-order valence-corrected chi connectivity index (χ1v) is 5.16. The molecular formula is C10H20N2OS. The summed E-state index contributed by atoms with van der Waals surface area (Å²) in [5.74, 6) is 0.435. The van der Waals surface area contributed by atoms with E-state index in [0.717, 1.165) is 6.54 Å². The maximum atomic E-state index is 11.9. The van der Waals surface area contributed by atoms with Gasteiger partial charge in [-0.3, -0.25) is 4.79 Å². The van der Waals surface area contributed by atoms with Crippen molar-refractivity contribution in [1.82, 2.24) is 4.90 Å². The molecule has 0 aliphatic heterocycles. The lowest BCUT2D eigenvalue weighted by atomic mass is 9.91. The second-order valence-corrected chi connectivity index (χ2v) is 5.01. The van der Waals surface area contributed by atoms with Crippen molar-refractivity contribution >= 4 is 23.1 Å². The van der Waals surface area contributed by atoms with Gasteiger partial charge in [0.1, 0.15) is 0 Å². The number of hydrogen-bond donors (Lipinski definition) is 1. The van der Waals surface area contributed by atoms with Crippen molar-refractivity contribution in [3.8, 4) is 0 Å². The molecule has 3 nitrogen and oxygen atoms in total. The minimum atomic E-state index is -0.737. The zero-order chi connectivity index (χ0) is 11.5. The molecule has 0 rings (SSSR count). The lowest BCUT2D eigenvalue weighted by Crippen LogP contribution is -2.46. The van der Waals surface area contributed by atoms with E-state index in [-0.39, 0.29) is 10.9 Å². The number of thiocarbonyl (C=S) groups is 1. The Morgan fingerprint density at radius 3 is 2.21 bits per heavy atom. The third kappa shape index (κ3) is 3.25. The van der Waals surface area contributed by atoms with Gasteiger partial charge in [-0.1, -0.05) is 26.1 Å². The van der Waals surface area contributed by atoms with Crippen molar-refractivity contribution in [2.45, 2.75) is 27.7 Å². The Balaban J connectivity index is 4.53. The first-order chi connectivity index (χ1) is 6.19. The molecule has 0 saturated heterocycles. The van der Waals surface area contributed by atoms with E-state index in [0.29, 0.717) is 5.92 Å². The van der Waals surface area contributed by atoms with E-state index in [1.165, 1.54) is 0 Å². The van der Waals surface area contributed by atoms with Gasteiger partial charge in [-0.15, -0.1) is 0 Å². The van der Waals surface area contributed by atoms with Crippen LogP contribution in [-0.2, 0) is 4.79 Å². The number of nitrogens with zero attached hydrogens (tertiary/aromatic N) is 1. The third-order valence-electron chi connectivity index (χ3n) is 2.14. The lowest BCUT2D eigenvalue weighted by molar-refractivity contribution is -0.136. The summed E-state index contributed by atoms with van der Waals surface area (Å²) in [6.07, 6.45) is 0. The molecule has 0 aliphatic carbocycles. The van der Waals surface area contributed by atoms with Crippen LogP contribution in [0.3, 0.4) is 0 Å². The molecule has 2 N–H and O–H groups in total. The molecule has 0 atom stereocenters. The van der Waals surface area contributed by atoms with Crippen LogP contribution >= 0.6 is 12.2 Å². The molecule has 0 saturated carbocycles. The Kier molecular flexibility index (Phi) is 4.52. The monoisotopic (exact) mass is 216 g/mol. The quantitative estimate of drug-likeness (QED) is 0.723. The van der Waals surface area contributed by atoms with Gasteiger partial charge >= 0.3 is 0 Å². The van der Waals surface area contributed by atoms with E-state index in [1.807, 2.05) is 0 Å². The minimum Gasteiger partial charge on any atom is -0.392 e. The van der Waals surface area contributed by atoms with Crippen molar-refractivity contribution in [3.63, 3.8) is 0 Å². The van der Waals surface area contributed by atoms with E-state index in [4.69, 9.17) is 18.0 Å². The highest BCUT2D eigenvalue weighted by atomic mass is 32.1. The van der Waals surface area contributed by atoms with Gasteiger partial charge in [0.15, 0.2) is 0 Å². The van der Waals surface area contributed by atoms with Crippen LogP contribution in [-0.4, -0.2) is 29.4 Å². The van der Waals surface area contributed by atoms with Crippen LogP contribution in [0.2, 0.25) is 0 Å². The van der Waals surface area contributed by atoms with Gasteiger partial charge < -0.3 is 10.6 Å². The van der Waals surface area contributed by atoms with E-state index in [2.05, 4.69) is 13.8 Å². The molecule has 82 valence electrons. The van der Waals surface area contributed by atoms with Crippen molar-refractivity contribution in [3.05, 3.63) is 0 Å². The summed E-state index contributed by atoms with van der Waals surface area (Å²) in [4.78, 5) is 13.8. The molecule has 0 bridgehead atoms. The summed E-state index contributed by atoms with van der Waals surface area (Å²) in [5, 5.41) is 0. The second kappa shape index (κ2) is 4.73. The van der Waals surface area contributed by atoms with Crippen molar-refractivity contribution in [2.75, 3.05) is 13.6 Å². The molecule has 0 heterocycles. The van der Waals surface area contributed by atoms with Gasteiger partial charge in [0, 0.05) is 13.6 Å². The van der Waals surface area contributed by atoms with Gasteiger partial charge in [-0.2, -0.15) is 0 Å². The summed E-state index contributed by atoms with van der Waals surface area (Å²) < 4.78 is 0. The van der Waals surface area contributed by atoms with Gasteiger partial charge in [-0.25, -0.2) is 0 Å². The Hall–Kier alpha value is -0.640. The molecule has 0 fully saturated rings. The molecule has 0 aromatic carbocycles. The summed E-state index contributed by atoms with van der Waals surface area (Å²) in [6, 6.07) is 0. The Labute approximate surface area is 91.6 Å². The molecule has 14 heavy (non-hydrogen) atoms. The average Bonchev–Trinajstić information content (AvgIpc) is 2.01. The third-order valence-corrected chi connectivity index (χ3v) is 2.65. The lowest BCUT2D eigenvalue weighted by Gasteiger charge is -2.29. The molecule has 4 heteroatoms. The number of hydrogen-bond acceptors (Lipinski definition) is 2. The predicted octanol–water partition coefficient (Wildman–Crippen LogP) is 1.41. The number of carbonyl (C=O) groups excluding carboxylic acids is 1. The van der Waals surface area contributed by atoms with E-state index >= 15 is 0 Å². The highest BCUT2D eigenvalue weighted by molar-refractivity contribution is 7.80. The standard InChI is InChI=1S/C10H20N2OS/c1-7(2)6-12(5)9(13)10(3,4)8(11)14/h7H,6H2,1-5H3,(H2,11,14). The predicted molar refractivity (Wildman–Crippen MR) is 63.0 cm³/mol. The molecule has 0 aromatic heterocycles. The molecule has 0 aliphatic rings. The zero-order valence-corrected chi connectivity index (χ0v) is 10.4. The van der Waals surface area contributed by atoms with Crippen LogP contribution in [0.15, 0.2) is 0 Å². The molecule has 0 radical (unpaired) electrons. The highest BCUT2D eigenvalue weighted by Crippen LogP contribution is 2.19. The highest BCUT2D eigenvalue weighted by Gasteiger charge is 2.33. The van der Waals surface area contributed by atoms with Crippen LogP contribution in [0.1, 0.15) is 27.7 Å². The summed E-state index contributed by atoms with van der Waals surface area (Å²) >= 11 is 4.87. The SMILES string of the molecule is CC(C)CN(C)C(=O)C(C)(C)C(N)=S. The molecule has 0 aromatic rings. The van der Waals surface area contributed by atoms with Crippen LogP contribution in [0, 0.1) is 11.3 Å². The Bertz CT molecular complexity index is 236. The topological polar surface area (TPSA) is 46.3 Å². The number of rotatable bonds is 4. The van der Waals surface area contributed by atoms with Crippen molar-refractivity contribution in [1.29, 1.82) is 0 Å². The zero-order valence-electron chi connectivity index (χ0n) is 9.63. The van der Waals surface area contributed by atoms with Gasteiger partial charge in [0.2, 0.25) is 5.91 Å². The fraction of sp³-hybridized carbons (Fsp3) is 0.800. The molecule has 1 amide bonds. The van der Waals surface area contributed by atoms with Crippen molar-refractivity contribution in [2.24, 2.45) is 17.1 Å². The maximum Gasteiger partial charge on any atom is 0.234 e. The average molecular weight is 216 g/mol. The summed E-state index contributed by atoms with van der Waals surface area (Å²) in [6.45, 7) is 8.38. The summed E-state index contributed by atoms with van der Waals surface area (Å²) in [7, 11) is 1.78. The van der Waals surface area contributed by atoms with Crippen LogP contribution in [0.5, 0.6) is 0 Å². The van der Waals surface area contributed by atoms with Crippen molar-refractivity contribution < 1.29 is 4.79 Å². The Morgan fingerprint density at radius 1 is 1.50 bits per heavy atom. The second-order valence-electron chi connectivity index (χ2n) is 4.57. The number of amides is 1. The van der Waals surface area contributed by atoms with Crippen LogP contribution in [0.4, 0.5) is 0 Å². The smallest absolute Gasteiger partial charge is 0.234 e. The fourth-order valence-electron chi connectivity index (χ4n) is 1.21. The number of carbonyl (C=O) groups is 1. The minimum absolute atomic E-state index is 0.0151. The van der Waals surface area contributed by atoms with E-state index < -0.39 is 5.41 Å². The van der Waals surface area contributed by atoms with Gasteiger partial charge in [0.25, 0.3) is 0 Å². The number of nitrogens with two attached hydrogens (primary N) is 1. The fourth-order valence-corrected chi connectivity index (χ4v) is 1.30. The van der Waals surface area contributed by atoms with Crippen LogP contribution in [0.25, 0.3) is 0 Å². The van der Waals surface area contributed by atoms with E-state index in [9.17, 15) is 4.79 Å².